The van der Waals surface area contributed by atoms with Crippen LogP contribution in [0.5, 0.6) is 0 Å². The number of aromatic nitrogens is 2. The van der Waals surface area contributed by atoms with Crippen molar-refractivity contribution in [1.82, 2.24) is 14.7 Å². The number of aryl methyl sites for hydroxylation is 1. The van der Waals surface area contributed by atoms with E-state index in [9.17, 15) is 19.8 Å². The van der Waals surface area contributed by atoms with Gasteiger partial charge in [0.05, 0.1) is 46.8 Å². The Hall–Kier alpha value is -1.93. The summed E-state index contributed by atoms with van der Waals surface area (Å²) in [4.78, 5) is 25.4. The van der Waals surface area contributed by atoms with Gasteiger partial charge in [-0.3, -0.25) is 4.79 Å². The minimum atomic E-state index is -1.39. The second-order valence-corrected chi connectivity index (χ2v) is 6.78. The first-order chi connectivity index (χ1) is 12.4. The normalized spacial score (nSPS) is 22.2. The molecular formula is C19H18N3NaO4. The number of rotatable bonds is 4. The maximum absolute atomic E-state index is 12.4. The average molecular weight is 375 g/mol. The van der Waals surface area contributed by atoms with E-state index < -0.39 is 18.0 Å². The number of carbonyl (C=O) groups is 2. The summed E-state index contributed by atoms with van der Waals surface area (Å²) in [6, 6.07) is 10.8. The first-order valence-corrected chi connectivity index (χ1v) is 8.48. The Morgan fingerprint density at radius 3 is 2.59 bits per heavy atom. The number of aliphatic hydroxyl groups is 1. The zero-order valence-corrected chi connectivity index (χ0v) is 17.4. The van der Waals surface area contributed by atoms with Crippen molar-refractivity contribution >= 4 is 17.4 Å². The zero-order valence-electron chi connectivity index (χ0n) is 15.4. The molecule has 1 N–H and O–H groups in total. The van der Waals surface area contributed by atoms with Crippen molar-refractivity contribution in [2.45, 2.75) is 32.4 Å². The summed E-state index contributed by atoms with van der Waals surface area (Å²) in [6.07, 6.45) is -0.477. The quantitative estimate of drug-likeness (QED) is 0.462. The van der Waals surface area contributed by atoms with E-state index in [1.165, 1.54) is 4.90 Å². The van der Waals surface area contributed by atoms with Crippen LogP contribution in [0, 0.1) is 12.8 Å². The SMILES string of the molecule is Cc1cc(C2=C(C(=O)[O-])N3C(=O)[C@H]([C@@H](C)O)[C@H]3C2)n(-c2ccccc2)n1.[Na+]. The molecule has 3 heterocycles. The van der Waals surface area contributed by atoms with Crippen LogP contribution in [0.2, 0.25) is 0 Å². The fourth-order valence-corrected chi connectivity index (χ4v) is 3.97. The molecule has 8 heteroatoms. The van der Waals surface area contributed by atoms with Crippen LogP contribution < -0.4 is 34.7 Å². The van der Waals surface area contributed by atoms with Crippen molar-refractivity contribution in [2.24, 2.45) is 5.92 Å². The van der Waals surface area contributed by atoms with Gasteiger partial charge in [0.25, 0.3) is 0 Å². The number of nitrogens with zero attached hydrogens (tertiary/aromatic N) is 3. The number of carboxylic acids is 1. The smallest absolute Gasteiger partial charge is 0.543 e. The van der Waals surface area contributed by atoms with E-state index in [0.29, 0.717) is 17.7 Å². The molecular weight excluding hydrogens is 357 g/mol. The molecule has 2 aromatic rings. The molecule has 1 fully saturated rings. The summed E-state index contributed by atoms with van der Waals surface area (Å²) in [7, 11) is 0. The third-order valence-corrected chi connectivity index (χ3v) is 5.06. The predicted octanol–water partition coefficient (Wildman–Crippen LogP) is -2.74. The van der Waals surface area contributed by atoms with Gasteiger partial charge in [-0.25, -0.2) is 4.68 Å². The first kappa shape index (κ1) is 19.8. The van der Waals surface area contributed by atoms with E-state index in [4.69, 9.17) is 0 Å². The Morgan fingerprint density at radius 2 is 2.00 bits per heavy atom. The summed E-state index contributed by atoms with van der Waals surface area (Å²) in [5.41, 5.74) is 2.56. The molecule has 27 heavy (non-hydrogen) atoms. The molecule has 1 saturated heterocycles. The monoisotopic (exact) mass is 375 g/mol. The van der Waals surface area contributed by atoms with Crippen LogP contribution in [0.25, 0.3) is 11.3 Å². The molecule has 134 valence electrons. The van der Waals surface area contributed by atoms with E-state index in [1.54, 1.807) is 17.7 Å². The molecule has 2 aliphatic rings. The van der Waals surface area contributed by atoms with Gasteiger partial charge in [-0.1, -0.05) is 18.2 Å². The number of para-hydroxylation sites is 1. The number of benzene rings is 1. The Morgan fingerprint density at radius 1 is 1.33 bits per heavy atom. The minimum absolute atomic E-state index is 0. The molecule has 4 rings (SSSR count). The van der Waals surface area contributed by atoms with Crippen LogP contribution in [0.15, 0.2) is 42.1 Å². The number of amides is 1. The number of aliphatic carboxylic acids is 1. The maximum Gasteiger partial charge on any atom is 1.00 e. The molecule has 2 aliphatic heterocycles. The summed E-state index contributed by atoms with van der Waals surface area (Å²) in [5.74, 6) is -2.35. The maximum atomic E-state index is 12.4. The molecule has 0 radical (unpaired) electrons. The largest absolute Gasteiger partial charge is 1.00 e. The van der Waals surface area contributed by atoms with E-state index in [0.717, 1.165) is 11.4 Å². The zero-order chi connectivity index (χ0) is 18.6. The van der Waals surface area contributed by atoms with E-state index in [2.05, 4.69) is 5.10 Å². The standard InChI is InChI=1S/C19H19N3O4.Na/c1-10-8-14(22(20-10)12-6-4-3-5-7-12)13-9-15-16(11(2)23)18(24)21(15)17(13)19(25)26;/h3-8,11,15-16,23H,9H2,1-2H3,(H,25,26);/q;+1/p-1/t11-,15-,16-;/m1./s1. The van der Waals surface area contributed by atoms with Gasteiger partial charge in [0.15, 0.2) is 0 Å². The fourth-order valence-electron chi connectivity index (χ4n) is 3.97. The molecule has 0 spiro atoms. The average Bonchev–Trinajstić information content (AvgIpc) is 3.13. The molecule has 1 amide bonds. The van der Waals surface area contributed by atoms with Crippen LogP contribution in [0.3, 0.4) is 0 Å². The number of β-lactam (4-membered cyclic amide) rings is 1. The molecule has 0 unspecified atom stereocenters. The van der Waals surface area contributed by atoms with Crippen LogP contribution in [-0.4, -0.2) is 43.8 Å². The Bertz CT molecular complexity index is 936. The van der Waals surface area contributed by atoms with E-state index >= 15 is 0 Å². The van der Waals surface area contributed by atoms with Crippen molar-refractivity contribution in [3.05, 3.63) is 53.5 Å². The van der Waals surface area contributed by atoms with Gasteiger partial charge in [-0.2, -0.15) is 5.10 Å². The van der Waals surface area contributed by atoms with Crippen molar-refractivity contribution in [3.63, 3.8) is 0 Å². The van der Waals surface area contributed by atoms with Gasteiger partial charge in [0.2, 0.25) is 5.91 Å². The third-order valence-electron chi connectivity index (χ3n) is 5.06. The summed E-state index contributed by atoms with van der Waals surface area (Å²) in [6.45, 7) is 3.38. The Balaban J connectivity index is 0.00000210. The molecule has 0 aliphatic carbocycles. The Labute approximate surface area is 178 Å². The van der Waals surface area contributed by atoms with Crippen molar-refractivity contribution in [1.29, 1.82) is 0 Å². The minimum Gasteiger partial charge on any atom is -0.543 e. The third kappa shape index (κ3) is 3.04. The van der Waals surface area contributed by atoms with Gasteiger partial charge < -0.3 is 19.9 Å². The molecule has 0 saturated carbocycles. The first-order valence-electron chi connectivity index (χ1n) is 8.48. The van der Waals surface area contributed by atoms with Crippen molar-refractivity contribution in [3.8, 4) is 5.69 Å². The van der Waals surface area contributed by atoms with E-state index in [1.807, 2.05) is 37.3 Å². The number of aliphatic hydroxyl groups excluding tert-OH is 1. The van der Waals surface area contributed by atoms with Gasteiger partial charge in [-0.15, -0.1) is 0 Å². The number of hydrogen-bond acceptors (Lipinski definition) is 5. The topological polar surface area (TPSA) is 98.5 Å². The van der Waals surface area contributed by atoms with Crippen LogP contribution >= 0.6 is 0 Å². The predicted molar refractivity (Wildman–Crippen MR) is 90.6 cm³/mol. The number of hydrogen-bond donors (Lipinski definition) is 1. The number of carbonyl (C=O) groups excluding carboxylic acids is 2. The summed E-state index contributed by atoms with van der Waals surface area (Å²) in [5, 5.41) is 26.1. The fraction of sp³-hybridized carbons (Fsp3) is 0.316. The van der Waals surface area contributed by atoms with E-state index in [-0.39, 0.29) is 47.2 Å². The van der Waals surface area contributed by atoms with Crippen LogP contribution in [-0.2, 0) is 9.59 Å². The number of fused-ring (bicyclic) bond motifs is 1. The molecule has 3 atom stereocenters. The van der Waals surface area contributed by atoms with Gasteiger partial charge >= 0.3 is 29.6 Å². The second-order valence-electron chi connectivity index (χ2n) is 6.78. The van der Waals surface area contributed by atoms with Crippen molar-refractivity contribution in [2.75, 3.05) is 0 Å². The number of carboxylic acid groups (broad SMARTS) is 1. The van der Waals surface area contributed by atoms with Crippen LogP contribution in [0.4, 0.5) is 0 Å². The van der Waals surface area contributed by atoms with Gasteiger partial charge in [0.1, 0.15) is 0 Å². The molecule has 0 bridgehead atoms. The second kappa shape index (κ2) is 7.24. The van der Waals surface area contributed by atoms with Crippen LogP contribution in [0.1, 0.15) is 24.7 Å². The molecule has 7 nitrogen and oxygen atoms in total. The summed E-state index contributed by atoms with van der Waals surface area (Å²) >= 11 is 0. The Kier molecular flexibility index (Phi) is 5.31. The van der Waals surface area contributed by atoms with Gasteiger partial charge in [0, 0.05) is 5.57 Å². The molecule has 1 aromatic carbocycles. The summed E-state index contributed by atoms with van der Waals surface area (Å²) < 4.78 is 1.68. The van der Waals surface area contributed by atoms with Gasteiger partial charge in [-0.05, 0) is 38.5 Å². The van der Waals surface area contributed by atoms with Crippen molar-refractivity contribution < 1.29 is 49.4 Å². The molecule has 1 aromatic heterocycles.